The van der Waals surface area contributed by atoms with Crippen molar-refractivity contribution in [2.45, 2.75) is 19.9 Å². The summed E-state index contributed by atoms with van der Waals surface area (Å²) in [6.45, 7) is 2.77. The maximum Gasteiger partial charge on any atom is 0.258 e. The molecule has 4 rings (SSSR count). The molecule has 156 valence electrons. The minimum absolute atomic E-state index is 0.102. The second-order valence-corrected chi connectivity index (χ2v) is 7.78. The van der Waals surface area contributed by atoms with Crippen molar-refractivity contribution in [3.8, 4) is 11.1 Å². The number of carbonyl (C=O) groups is 1. The number of rotatable bonds is 6. The Morgan fingerprint density at radius 2 is 1.71 bits per heavy atom. The standard InChI is InChI=1S/C25H22ClN3O2/c1-2-14-29(16-23-27-22-15-20(26)12-13-21(22)24(30)28-23)25(31)19-10-8-18(9-11-19)17-6-4-3-5-7-17/h3-13,15H,2,14,16H2,1H3,(H,27,28,30). The fraction of sp³-hybridized carbons (Fsp3) is 0.160. The quantitative estimate of drug-likeness (QED) is 0.450. The molecule has 1 amide bonds. The highest BCUT2D eigenvalue weighted by atomic mass is 35.5. The third-order valence-corrected chi connectivity index (χ3v) is 5.31. The van der Waals surface area contributed by atoms with Crippen LogP contribution in [0.3, 0.4) is 0 Å². The molecule has 0 aliphatic heterocycles. The van der Waals surface area contributed by atoms with Crippen molar-refractivity contribution in [3.05, 3.63) is 99.6 Å². The van der Waals surface area contributed by atoms with Crippen LogP contribution in [-0.4, -0.2) is 27.3 Å². The minimum Gasteiger partial charge on any atom is -0.331 e. The number of hydrogen-bond donors (Lipinski definition) is 1. The Hall–Kier alpha value is -3.44. The number of benzene rings is 3. The smallest absolute Gasteiger partial charge is 0.258 e. The molecule has 0 spiro atoms. The number of nitrogens with zero attached hydrogens (tertiary/aromatic N) is 2. The van der Waals surface area contributed by atoms with Crippen LogP contribution in [0.2, 0.25) is 5.02 Å². The van der Waals surface area contributed by atoms with Gasteiger partial charge >= 0.3 is 0 Å². The van der Waals surface area contributed by atoms with E-state index in [-0.39, 0.29) is 18.0 Å². The summed E-state index contributed by atoms with van der Waals surface area (Å²) in [6, 6.07) is 22.6. The fourth-order valence-electron chi connectivity index (χ4n) is 3.56. The Labute approximate surface area is 185 Å². The van der Waals surface area contributed by atoms with E-state index in [1.54, 1.807) is 23.1 Å². The molecule has 0 unspecified atom stereocenters. The van der Waals surface area contributed by atoms with Crippen LogP contribution in [0.1, 0.15) is 29.5 Å². The van der Waals surface area contributed by atoms with Gasteiger partial charge in [-0.25, -0.2) is 4.98 Å². The molecule has 0 aliphatic carbocycles. The van der Waals surface area contributed by atoms with E-state index in [4.69, 9.17) is 11.6 Å². The van der Waals surface area contributed by atoms with E-state index in [1.165, 1.54) is 0 Å². The summed E-state index contributed by atoms with van der Waals surface area (Å²) < 4.78 is 0. The lowest BCUT2D eigenvalue weighted by molar-refractivity contribution is 0.0739. The van der Waals surface area contributed by atoms with Crippen molar-refractivity contribution in [1.82, 2.24) is 14.9 Å². The molecule has 31 heavy (non-hydrogen) atoms. The topological polar surface area (TPSA) is 66.1 Å². The van der Waals surface area contributed by atoms with E-state index in [0.29, 0.717) is 33.9 Å². The zero-order chi connectivity index (χ0) is 21.8. The van der Waals surface area contributed by atoms with Gasteiger partial charge in [-0.15, -0.1) is 0 Å². The van der Waals surface area contributed by atoms with E-state index in [1.807, 2.05) is 61.5 Å². The van der Waals surface area contributed by atoms with Gasteiger partial charge in [0, 0.05) is 17.1 Å². The Balaban J connectivity index is 1.59. The van der Waals surface area contributed by atoms with Crippen molar-refractivity contribution in [1.29, 1.82) is 0 Å². The van der Waals surface area contributed by atoms with Crippen LogP contribution in [0.15, 0.2) is 77.6 Å². The zero-order valence-electron chi connectivity index (χ0n) is 17.1. The van der Waals surface area contributed by atoms with E-state index < -0.39 is 0 Å². The third-order valence-electron chi connectivity index (χ3n) is 5.08. The van der Waals surface area contributed by atoms with Crippen molar-refractivity contribution < 1.29 is 4.79 Å². The van der Waals surface area contributed by atoms with Gasteiger partial charge in [-0.2, -0.15) is 0 Å². The highest BCUT2D eigenvalue weighted by Gasteiger charge is 2.17. The molecule has 0 atom stereocenters. The Kier molecular flexibility index (Phi) is 6.14. The molecule has 0 saturated carbocycles. The number of aromatic nitrogens is 2. The normalized spacial score (nSPS) is 10.9. The van der Waals surface area contributed by atoms with Gasteiger partial charge in [0.05, 0.1) is 17.4 Å². The van der Waals surface area contributed by atoms with Crippen molar-refractivity contribution in [3.63, 3.8) is 0 Å². The SMILES string of the molecule is CCCN(Cc1nc2cc(Cl)ccc2c(=O)[nH]1)C(=O)c1ccc(-c2ccccc2)cc1. The van der Waals surface area contributed by atoms with Crippen LogP contribution < -0.4 is 5.56 Å². The number of fused-ring (bicyclic) bond motifs is 1. The van der Waals surface area contributed by atoms with Gasteiger partial charge in [0.1, 0.15) is 5.82 Å². The van der Waals surface area contributed by atoms with Crippen LogP contribution in [0.25, 0.3) is 22.0 Å². The highest BCUT2D eigenvalue weighted by Crippen LogP contribution is 2.20. The number of nitrogens with one attached hydrogen (secondary N) is 1. The molecule has 0 saturated heterocycles. The maximum absolute atomic E-state index is 13.2. The Morgan fingerprint density at radius 3 is 2.42 bits per heavy atom. The number of carbonyl (C=O) groups excluding carboxylic acids is 1. The van der Waals surface area contributed by atoms with Gasteiger partial charge in [-0.05, 0) is 47.9 Å². The van der Waals surface area contributed by atoms with E-state index in [0.717, 1.165) is 17.5 Å². The average Bonchev–Trinajstić information content (AvgIpc) is 2.79. The molecule has 3 aromatic carbocycles. The van der Waals surface area contributed by atoms with E-state index >= 15 is 0 Å². The fourth-order valence-corrected chi connectivity index (χ4v) is 3.72. The van der Waals surface area contributed by atoms with Crippen LogP contribution >= 0.6 is 11.6 Å². The van der Waals surface area contributed by atoms with Crippen LogP contribution in [0.5, 0.6) is 0 Å². The molecule has 1 heterocycles. The second-order valence-electron chi connectivity index (χ2n) is 7.34. The Morgan fingerprint density at radius 1 is 1.00 bits per heavy atom. The summed E-state index contributed by atoms with van der Waals surface area (Å²) in [5, 5.41) is 0.981. The van der Waals surface area contributed by atoms with Crippen molar-refractivity contribution >= 4 is 28.4 Å². The van der Waals surface area contributed by atoms with Crippen molar-refractivity contribution in [2.75, 3.05) is 6.54 Å². The molecule has 5 nitrogen and oxygen atoms in total. The number of amides is 1. The molecular formula is C25H22ClN3O2. The number of aromatic amines is 1. The van der Waals surface area contributed by atoms with Gasteiger partial charge in [0.2, 0.25) is 0 Å². The first-order valence-corrected chi connectivity index (χ1v) is 10.6. The summed E-state index contributed by atoms with van der Waals surface area (Å²) in [4.78, 5) is 34.6. The first-order valence-electron chi connectivity index (χ1n) is 10.2. The summed E-state index contributed by atoms with van der Waals surface area (Å²) in [7, 11) is 0. The summed E-state index contributed by atoms with van der Waals surface area (Å²) >= 11 is 6.05. The monoisotopic (exact) mass is 431 g/mol. The number of halogens is 1. The largest absolute Gasteiger partial charge is 0.331 e. The third kappa shape index (κ3) is 4.67. The maximum atomic E-state index is 13.2. The molecule has 4 aromatic rings. The van der Waals surface area contributed by atoms with Crippen LogP contribution in [0, 0.1) is 0 Å². The van der Waals surface area contributed by atoms with Crippen molar-refractivity contribution in [2.24, 2.45) is 0 Å². The van der Waals surface area contributed by atoms with Gasteiger partial charge in [-0.1, -0.05) is 61.0 Å². The predicted octanol–water partition coefficient (Wildman–Crippen LogP) is 5.30. The molecule has 0 aliphatic rings. The predicted molar refractivity (Wildman–Crippen MR) is 124 cm³/mol. The van der Waals surface area contributed by atoms with E-state index in [2.05, 4.69) is 9.97 Å². The highest BCUT2D eigenvalue weighted by molar-refractivity contribution is 6.31. The lowest BCUT2D eigenvalue weighted by Crippen LogP contribution is -2.32. The lowest BCUT2D eigenvalue weighted by atomic mass is 10.0. The first kappa shape index (κ1) is 20.8. The van der Waals surface area contributed by atoms with Gasteiger partial charge in [0.25, 0.3) is 11.5 Å². The lowest BCUT2D eigenvalue weighted by Gasteiger charge is -2.22. The van der Waals surface area contributed by atoms with E-state index in [9.17, 15) is 9.59 Å². The molecule has 0 radical (unpaired) electrons. The number of H-pyrrole nitrogens is 1. The number of hydrogen-bond acceptors (Lipinski definition) is 3. The summed E-state index contributed by atoms with van der Waals surface area (Å²) in [6.07, 6.45) is 0.789. The summed E-state index contributed by atoms with van der Waals surface area (Å²) in [5.41, 5.74) is 3.02. The molecule has 0 bridgehead atoms. The zero-order valence-corrected chi connectivity index (χ0v) is 17.9. The second kappa shape index (κ2) is 9.14. The molecular weight excluding hydrogens is 410 g/mol. The minimum atomic E-state index is -0.243. The van der Waals surface area contributed by atoms with Crippen LogP contribution in [0.4, 0.5) is 0 Å². The molecule has 1 N–H and O–H groups in total. The molecule has 0 fully saturated rings. The first-order chi connectivity index (χ1) is 15.0. The molecule has 6 heteroatoms. The summed E-state index contributed by atoms with van der Waals surface area (Å²) in [5.74, 6) is 0.331. The van der Waals surface area contributed by atoms with Gasteiger partial charge in [-0.3, -0.25) is 9.59 Å². The molecule has 1 aromatic heterocycles. The van der Waals surface area contributed by atoms with Gasteiger partial charge < -0.3 is 9.88 Å². The Bertz CT molecular complexity index is 1270. The average molecular weight is 432 g/mol. The van der Waals surface area contributed by atoms with Crippen LogP contribution in [-0.2, 0) is 6.54 Å². The van der Waals surface area contributed by atoms with Gasteiger partial charge in [0.15, 0.2) is 0 Å².